The van der Waals surface area contributed by atoms with E-state index in [1.165, 1.54) is 12.1 Å². The summed E-state index contributed by atoms with van der Waals surface area (Å²) in [7, 11) is 0. The molecule has 0 bridgehead atoms. The van der Waals surface area contributed by atoms with E-state index in [2.05, 4.69) is 11.0 Å². The maximum Gasteiger partial charge on any atom is 0.416 e. The van der Waals surface area contributed by atoms with Crippen LogP contribution >= 0.6 is 0 Å². The molecule has 8 nitrogen and oxygen atoms in total. The van der Waals surface area contributed by atoms with Gasteiger partial charge in [-0.2, -0.15) is 13.2 Å². The largest absolute Gasteiger partial charge is 0.508 e. The fourth-order valence-electron chi connectivity index (χ4n) is 5.59. The first-order valence-corrected chi connectivity index (χ1v) is 13.7. The zero-order valence-electron chi connectivity index (χ0n) is 23.3. The van der Waals surface area contributed by atoms with Gasteiger partial charge >= 0.3 is 12.1 Å². The van der Waals surface area contributed by atoms with E-state index in [1.807, 2.05) is 26.0 Å². The monoisotopic (exact) mass is 583 g/mol. The van der Waals surface area contributed by atoms with E-state index in [0.717, 1.165) is 22.8 Å². The minimum Gasteiger partial charge on any atom is -0.508 e. The normalized spacial score (nSPS) is 15.8. The Bertz CT molecular complexity index is 1530. The predicted molar refractivity (Wildman–Crippen MR) is 150 cm³/mol. The number of hydrogen-bond acceptors (Lipinski definition) is 6. The summed E-state index contributed by atoms with van der Waals surface area (Å²) < 4.78 is 40.0. The number of anilines is 1. The second-order valence-corrected chi connectivity index (χ2v) is 11.2. The van der Waals surface area contributed by atoms with Crippen LogP contribution in [0.2, 0.25) is 0 Å². The smallest absolute Gasteiger partial charge is 0.416 e. The summed E-state index contributed by atoms with van der Waals surface area (Å²) in [6.45, 7) is 7.26. The molecule has 0 atom stereocenters. The molecule has 2 heterocycles. The van der Waals surface area contributed by atoms with Gasteiger partial charge in [0.1, 0.15) is 11.5 Å². The number of amides is 1. The highest BCUT2D eigenvalue weighted by Gasteiger charge is 2.33. The lowest BCUT2D eigenvalue weighted by Gasteiger charge is -2.36. The minimum atomic E-state index is -4.64. The maximum atomic E-state index is 13.3. The number of benzene rings is 3. The zero-order valence-corrected chi connectivity index (χ0v) is 23.3. The molecule has 3 N–H and O–H groups in total. The topological polar surface area (TPSA) is 105 Å². The summed E-state index contributed by atoms with van der Waals surface area (Å²) in [5.41, 5.74) is 2.66. The highest BCUT2D eigenvalue weighted by atomic mass is 19.4. The third kappa shape index (κ3) is 6.01. The van der Waals surface area contributed by atoms with Gasteiger partial charge in [-0.3, -0.25) is 9.69 Å². The van der Waals surface area contributed by atoms with Crippen molar-refractivity contribution in [2.75, 3.05) is 31.1 Å². The SMILES string of the molecule is CC(C)c1cc(C(=O)N2Cc3ccc(CN4CCN(c5cc(C(=O)O)cc(C(F)(F)F)c5)CC4)cc3C2)c(O)cc1O. The van der Waals surface area contributed by atoms with E-state index in [1.54, 1.807) is 15.9 Å². The summed E-state index contributed by atoms with van der Waals surface area (Å²) >= 11 is 0. The lowest BCUT2D eigenvalue weighted by atomic mass is 9.98. The fraction of sp³-hybridized carbons (Fsp3) is 0.355. The van der Waals surface area contributed by atoms with Crippen LogP contribution in [0.3, 0.4) is 0 Å². The molecule has 3 aromatic rings. The number of carboxylic acids is 1. The second-order valence-electron chi connectivity index (χ2n) is 11.2. The predicted octanol–water partition coefficient (Wildman–Crippen LogP) is 5.42. The van der Waals surface area contributed by atoms with Crippen molar-refractivity contribution in [3.8, 4) is 11.5 Å². The number of carbonyl (C=O) groups excluding carboxylic acids is 1. The Hall–Kier alpha value is -4.25. The highest BCUT2D eigenvalue weighted by Crippen LogP contribution is 2.35. The molecule has 42 heavy (non-hydrogen) atoms. The average Bonchev–Trinajstić information content (AvgIpc) is 3.36. The molecule has 11 heteroatoms. The van der Waals surface area contributed by atoms with Crippen LogP contribution in [0.4, 0.5) is 18.9 Å². The number of alkyl halides is 3. The molecule has 222 valence electrons. The van der Waals surface area contributed by atoms with Gasteiger partial charge in [-0.15, -0.1) is 0 Å². The molecule has 0 saturated carbocycles. The number of nitrogens with zero attached hydrogens (tertiary/aromatic N) is 3. The Morgan fingerprint density at radius 3 is 2.21 bits per heavy atom. The van der Waals surface area contributed by atoms with E-state index in [4.69, 9.17) is 0 Å². The second kappa shape index (κ2) is 11.2. The molecule has 5 rings (SSSR count). The van der Waals surface area contributed by atoms with Gasteiger partial charge in [0, 0.05) is 57.6 Å². The molecule has 0 unspecified atom stereocenters. The zero-order chi connectivity index (χ0) is 30.3. The number of piperazine rings is 1. The highest BCUT2D eigenvalue weighted by molar-refractivity contribution is 5.97. The van der Waals surface area contributed by atoms with Gasteiger partial charge in [0.05, 0.1) is 16.7 Å². The van der Waals surface area contributed by atoms with Gasteiger partial charge in [-0.25, -0.2) is 4.79 Å². The maximum absolute atomic E-state index is 13.3. The first kappa shape index (κ1) is 29.2. The molecule has 1 fully saturated rings. The van der Waals surface area contributed by atoms with Gasteiger partial charge in [-0.1, -0.05) is 32.0 Å². The van der Waals surface area contributed by atoms with Crippen molar-refractivity contribution in [1.29, 1.82) is 0 Å². The molecule has 1 saturated heterocycles. The lowest BCUT2D eigenvalue weighted by Crippen LogP contribution is -2.46. The Balaban J connectivity index is 1.23. The van der Waals surface area contributed by atoms with E-state index in [9.17, 15) is 38.1 Å². The van der Waals surface area contributed by atoms with Gasteiger partial charge in [0.25, 0.3) is 5.91 Å². The van der Waals surface area contributed by atoms with E-state index in [0.29, 0.717) is 57.4 Å². The average molecular weight is 584 g/mol. The standard InChI is InChI=1S/C31H32F3N3O5/c1-18(2)25-13-26(28(39)14-27(25)38)29(40)37-16-20-4-3-19(9-22(20)17-37)15-35-5-7-36(8-6-35)24-11-21(30(41)42)10-23(12-24)31(32,33)34/h3-4,9-14,18,38-39H,5-8,15-17H2,1-2H3,(H,41,42). The molecule has 2 aliphatic heterocycles. The number of phenols is 2. The molecule has 0 aromatic heterocycles. The van der Waals surface area contributed by atoms with E-state index in [-0.39, 0.29) is 34.6 Å². The molecular formula is C31H32F3N3O5. The number of carbonyl (C=O) groups is 2. The summed E-state index contributed by atoms with van der Waals surface area (Å²) in [5, 5.41) is 29.8. The third-order valence-corrected chi connectivity index (χ3v) is 7.91. The molecule has 0 aliphatic carbocycles. The van der Waals surface area contributed by atoms with Crippen LogP contribution in [0.1, 0.15) is 68.3 Å². The number of fused-ring (bicyclic) bond motifs is 1. The molecule has 3 aromatic carbocycles. The van der Waals surface area contributed by atoms with E-state index < -0.39 is 23.3 Å². The summed E-state index contributed by atoms with van der Waals surface area (Å²) in [5.74, 6) is -2.05. The van der Waals surface area contributed by atoms with Crippen LogP contribution in [0.5, 0.6) is 11.5 Å². The van der Waals surface area contributed by atoms with Crippen molar-refractivity contribution in [2.45, 2.75) is 45.6 Å². The Kier molecular flexibility index (Phi) is 7.80. The van der Waals surface area contributed by atoms with Crippen molar-refractivity contribution < 1.29 is 38.1 Å². The number of aromatic carboxylic acids is 1. The molecule has 0 spiro atoms. The summed E-state index contributed by atoms with van der Waals surface area (Å²) in [4.78, 5) is 30.3. The van der Waals surface area contributed by atoms with Gasteiger partial charge < -0.3 is 25.1 Å². The number of hydrogen-bond donors (Lipinski definition) is 3. The molecule has 2 aliphatic rings. The summed E-state index contributed by atoms with van der Waals surface area (Å²) in [6, 6.07) is 11.7. The Morgan fingerprint density at radius 1 is 0.881 bits per heavy atom. The number of phenolic OH excluding ortho intramolecular Hbond substituents is 2. The number of rotatable bonds is 6. The first-order valence-electron chi connectivity index (χ1n) is 13.7. The third-order valence-electron chi connectivity index (χ3n) is 7.91. The lowest BCUT2D eigenvalue weighted by molar-refractivity contribution is -0.137. The molecule has 1 amide bonds. The van der Waals surface area contributed by atoms with Crippen LogP contribution in [0.25, 0.3) is 0 Å². The minimum absolute atomic E-state index is 0.0235. The number of aromatic hydroxyl groups is 2. The van der Waals surface area contributed by atoms with Gasteiger partial charge in [-0.05, 0) is 52.4 Å². The number of halogens is 3. The first-order chi connectivity index (χ1) is 19.8. The van der Waals surface area contributed by atoms with Gasteiger partial charge in [0.15, 0.2) is 0 Å². The quantitative estimate of drug-likeness (QED) is 0.356. The Labute approximate surface area is 241 Å². The molecular weight excluding hydrogens is 551 g/mol. The van der Waals surface area contributed by atoms with Crippen LogP contribution < -0.4 is 4.90 Å². The van der Waals surface area contributed by atoms with Crippen molar-refractivity contribution >= 4 is 17.6 Å². The van der Waals surface area contributed by atoms with Crippen molar-refractivity contribution in [1.82, 2.24) is 9.80 Å². The summed E-state index contributed by atoms with van der Waals surface area (Å²) in [6.07, 6.45) is -4.64. The fourth-order valence-corrected chi connectivity index (χ4v) is 5.59. The molecule has 0 radical (unpaired) electrons. The van der Waals surface area contributed by atoms with Crippen LogP contribution in [0, 0.1) is 0 Å². The van der Waals surface area contributed by atoms with Crippen LogP contribution in [-0.2, 0) is 25.8 Å². The van der Waals surface area contributed by atoms with Crippen molar-refractivity contribution in [2.24, 2.45) is 0 Å². The van der Waals surface area contributed by atoms with Crippen molar-refractivity contribution in [3.63, 3.8) is 0 Å². The van der Waals surface area contributed by atoms with Gasteiger partial charge in [0.2, 0.25) is 0 Å². The van der Waals surface area contributed by atoms with Crippen LogP contribution in [0.15, 0.2) is 48.5 Å². The van der Waals surface area contributed by atoms with E-state index >= 15 is 0 Å². The van der Waals surface area contributed by atoms with Crippen LogP contribution in [-0.4, -0.2) is 63.2 Å². The Morgan fingerprint density at radius 2 is 1.57 bits per heavy atom. The number of carboxylic acid groups (broad SMARTS) is 1. The van der Waals surface area contributed by atoms with Crippen molar-refractivity contribution in [3.05, 3.63) is 87.5 Å².